The fourth-order valence-electron chi connectivity index (χ4n) is 3.57. The molecule has 134 valence electrons. The Labute approximate surface area is 153 Å². The molecule has 1 atom stereocenters. The lowest BCUT2D eigenvalue weighted by molar-refractivity contribution is 0.215. The van der Waals surface area contributed by atoms with Gasteiger partial charge in [0.25, 0.3) is 0 Å². The normalized spacial score (nSPS) is 16.8. The molecule has 3 aromatic rings. The quantitative estimate of drug-likeness (QED) is 0.786. The Hall–Kier alpha value is -2.50. The Balaban J connectivity index is 1.74. The summed E-state index contributed by atoms with van der Waals surface area (Å²) in [5, 5.41) is 13.1. The summed E-state index contributed by atoms with van der Waals surface area (Å²) < 4.78 is 0. The zero-order chi connectivity index (χ0) is 17.9. The first kappa shape index (κ1) is 16.9. The fourth-order valence-corrected chi connectivity index (χ4v) is 3.57. The maximum atomic E-state index is 10.8. The molecular weight excluding hydrogens is 324 g/mol. The Bertz CT molecular complexity index is 876. The number of pyridine rings is 2. The fraction of sp³-hybridized carbons (Fsp3) is 0.333. The number of anilines is 1. The van der Waals surface area contributed by atoms with Gasteiger partial charge in [0.15, 0.2) is 0 Å². The maximum Gasteiger partial charge on any atom is 0.136 e. The van der Waals surface area contributed by atoms with Crippen LogP contribution in [0, 0.1) is 0 Å². The van der Waals surface area contributed by atoms with Crippen LogP contribution in [0.3, 0.4) is 0 Å². The molecule has 26 heavy (non-hydrogen) atoms. The van der Waals surface area contributed by atoms with Crippen LogP contribution in [0.5, 0.6) is 0 Å². The third-order valence-corrected chi connectivity index (χ3v) is 5.14. The van der Waals surface area contributed by atoms with Gasteiger partial charge in [0.1, 0.15) is 11.9 Å². The molecule has 5 nitrogen and oxygen atoms in total. The van der Waals surface area contributed by atoms with Gasteiger partial charge < -0.3 is 14.9 Å². The molecule has 4 rings (SSSR count). The minimum absolute atomic E-state index is 0.671. The van der Waals surface area contributed by atoms with Gasteiger partial charge in [0, 0.05) is 49.5 Å². The number of aliphatic hydroxyl groups is 1. The van der Waals surface area contributed by atoms with Crippen LogP contribution in [0.15, 0.2) is 54.9 Å². The van der Waals surface area contributed by atoms with E-state index in [9.17, 15) is 5.11 Å². The summed E-state index contributed by atoms with van der Waals surface area (Å²) in [6.07, 6.45) is 2.63. The molecule has 1 fully saturated rings. The van der Waals surface area contributed by atoms with E-state index in [2.05, 4.69) is 33.8 Å². The van der Waals surface area contributed by atoms with Crippen molar-refractivity contribution >= 4 is 16.6 Å². The van der Waals surface area contributed by atoms with Gasteiger partial charge in [-0.2, -0.15) is 0 Å². The predicted octanol–water partition coefficient (Wildman–Crippen LogP) is 2.85. The molecule has 1 unspecified atom stereocenters. The van der Waals surface area contributed by atoms with Crippen LogP contribution in [0.1, 0.15) is 24.3 Å². The van der Waals surface area contributed by atoms with Crippen LogP contribution < -0.4 is 4.90 Å². The molecule has 1 saturated heterocycles. The van der Waals surface area contributed by atoms with Crippen LogP contribution in [0.4, 0.5) is 5.82 Å². The van der Waals surface area contributed by atoms with E-state index in [1.807, 2.05) is 30.3 Å². The largest absolute Gasteiger partial charge is 0.382 e. The summed E-state index contributed by atoms with van der Waals surface area (Å²) in [6.45, 7) is 7.29. The first-order valence-corrected chi connectivity index (χ1v) is 9.21. The Morgan fingerprint density at radius 3 is 2.62 bits per heavy atom. The van der Waals surface area contributed by atoms with E-state index in [-0.39, 0.29) is 0 Å². The molecule has 0 spiro atoms. The van der Waals surface area contributed by atoms with E-state index in [0.717, 1.165) is 54.9 Å². The van der Waals surface area contributed by atoms with Crippen molar-refractivity contribution in [1.82, 2.24) is 14.9 Å². The van der Waals surface area contributed by atoms with Crippen molar-refractivity contribution in [1.29, 1.82) is 0 Å². The summed E-state index contributed by atoms with van der Waals surface area (Å²) >= 11 is 0. The molecule has 5 heteroatoms. The predicted molar refractivity (Wildman–Crippen MR) is 104 cm³/mol. The Morgan fingerprint density at radius 1 is 1.08 bits per heavy atom. The van der Waals surface area contributed by atoms with Crippen molar-refractivity contribution in [2.45, 2.75) is 13.0 Å². The van der Waals surface area contributed by atoms with E-state index in [4.69, 9.17) is 4.98 Å². The zero-order valence-electron chi connectivity index (χ0n) is 15.0. The molecular formula is C21H24N4O. The monoisotopic (exact) mass is 348 g/mol. The van der Waals surface area contributed by atoms with Crippen LogP contribution in [-0.2, 0) is 0 Å². The first-order chi connectivity index (χ1) is 12.8. The summed E-state index contributed by atoms with van der Waals surface area (Å²) in [4.78, 5) is 13.8. The average molecular weight is 348 g/mol. The van der Waals surface area contributed by atoms with Crippen molar-refractivity contribution in [3.8, 4) is 0 Å². The van der Waals surface area contributed by atoms with Crippen LogP contribution in [0.25, 0.3) is 10.8 Å². The Morgan fingerprint density at radius 2 is 1.88 bits per heavy atom. The minimum Gasteiger partial charge on any atom is -0.382 e. The first-order valence-electron chi connectivity index (χ1n) is 9.21. The van der Waals surface area contributed by atoms with E-state index in [1.54, 1.807) is 12.4 Å². The van der Waals surface area contributed by atoms with Crippen molar-refractivity contribution in [3.63, 3.8) is 0 Å². The van der Waals surface area contributed by atoms with Gasteiger partial charge in [-0.25, -0.2) is 4.98 Å². The second-order valence-corrected chi connectivity index (χ2v) is 6.70. The lowest BCUT2D eigenvalue weighted by Gasteiger charge is -2.35. The van der Waals surface area contributed by atoms with Gasteiger partial charge in [-0.15, -0.1) is 0 Å². The van der Waals surface area contributed by atoms with Gasteiger partial charge in [-0.05, 0) is 24.1 Å². The highest BCUT2D eigenvalue weighted by molar-refractivity contribution is 5.92. The van der Waals surface area contributed by atoms with Crippen LogP contribution in [-0.4, -0.2) is 52.7 Å². The molecule has 0 saturated carbocycles. The smallest absolute Gasteiger partial charge is 0.136 e. The standard InChI is InChI=1S/C21H24N4O/c1-2-24-10-12-25(13-11-24)21-18-8-4-3-6-16(18)14-19(23-21)20(26)17-7-5-9-22-15-17/h3-9,14-15,20,26H,2,10-13H2,1H3. The van der Waals surface area contributed by atoms with Crippen molar-refractivity contribution in [3.05, 3.63) is 66.1 Å². The van der Waals surface area contributed by atoms with Crippen molar-refractivity contribution in [2.24, 2.45) is 0 Å². The summed E-state index contributed by atoms with van der Waals surface area (Å²) in [5.74, 6) is 0.969. The molecule has 1 aliphatic rings. The number of fused-ring (bicyclic) bond motifs is 1. The molecule has 0 bridgehead atoms. The zero-order valence-corrected chi connectivity index (χ0v) is 15.0. The van der Waals surface area contributed by atoms with Crippen molar-refractivity contribution < 1.29 is 5.11 Å². The van der Waals surface area contributed by atoms with Gasteiger partial charge in [0.2, 0.25) is 0 Å². The van der Waals surface area contributed by atoms with E-state index in [1.165, 1.54) is 0 Å². The molecule has 1 aliphatic heterocycles. The minimum atomic E-state index is -0.774. The topological polar surface area (TPSA) is 52.5 Å². The van der Waals surface area contributed by atoms with Crippen molar-refractivity contribution in [2.75, 3.05) is 37.6 Å². The highest BCUT2D eigenvalue weighted by Gasteiger charge is 2.21. The number of hydrogen-bond acceptors (Lipinski definition) is 5. The Kier molecular flexibility index (Phi) is 4.82. The molecule has 0 radical (unpaired) electrons. The van der Waals surface area contributed by atoms with E-state index in [0.29, 0.717) is 5.69 Å². The van der Waals surface area contributed by atoms with Crippen LogP contribution in [0.2, 0.25) is 0 Å². The lowest BCUT2D eigenvalue weighted by Crippen LogP contribution is -2.46. The highest BCUT2D eigenvalue weighted by Crippen LogP contribution is 2.30. The number of nitrogens with zero attached hydrogens (tertiary/aromatic N) is 4. The van der Waals surface area contributed by atoms with Gasteiger partial charge in [-0.3, -0.25) is 4.98 Å². The summed E-state index contributed by atoms with van der Waals surface area (Å²) in [6, 6.07) is 14.0. The van der Waals surface area contributed by atoms with E-state index < -0.39 is 6.10 Å². The number of benzene rings is 1. The molecule has 3 heterocycles. The van der Waals surface area contributed by atoms with Gasteiger partial charge in [0.05, 0.1) is 5.69 Å². The second kappa shape index (κ2) is 7.40. The molecule has 0 aliphatic carbocycles. The molecule has 1 N–H and O–H groups in total. The second-order valence-electron chi connectivity index (χ2n) is 6.70. The van der Waals surface area contributed by atoms with Crippen LogP contribution >= 0.6 is 0 Å². The van der Waals surface area contributed by atoms with Gasteiger partial charge >= 0.3 is 0 Å². The number of likely N-dealkylation sites (N-methyl/N-ethyl adjacent to an activating group) is 1. The molecule has 1 aromatic carbocycles. The van der Waals surface area contributed by atoms with Gasteiger partial charge in [-0.1, -0.05) is 37.3 Å². The summed E-state index contributed by atoms with van der Waals surface area (Å²) in [7, 11) is 0. The molecule has 2 aromatic heterocycles. The lowest BCUT2D eigenvalue weighted by atomic mass is 10.0. The third-order valence-electron chi connectivity index (χ3n) is 5.14. The number of rotatable bonds is 4. The SMILES string of the molecule is CCN1CCN(c2nc(C(O)c3cccnc3)cc3ccccc23)CC1. The third kappa shape index (κ3) is 3.28. The number of aromatic nitrogens is 2. The summed E-state index contributed by atoms with van der Waals surface area (Å²) in [5.41, 5.74) is 1.43. The average Bonchev–Trinajstić information content (AvgIpc) is 2.73. The number of aliphatic hydroxyl groups excluding tert-OH is 1. The molecule has 0 amide bonds. The highest BCUT2D eigenvalue weighted by atomic mass is 16.3. The number of hydrogen-bond donors (Lipinski definition) is 1. The maximum absolute atomic E-state index is 10.8. The van der Waals surface area contributed by atoms with E-state index >= 15 is 0 Å². The number of piperazine rings is 1.